The molecule has 0 saturated carbocycles. The summed E-state index contributed by atoms with van der Waals surface area (Å²) in [5.41, 5.74) is 0. The molecule has 0 fully saturated rings. The van der Waals surface area contributed by atoms with Gasteiger partial charge in [0, 0.05) is 211 Å². The van der Waals surface area contributed by atoms with Crippen LogP contribution in [0.5, 0.6) is 0 Å². The molecule has 45 heavy (non-hydrogen) atoms. The van der Waals surface area contributed by atoms with Gasteiger partial charge in [0.1, 0.15) is 0 Å². The van der Waals surface area contributed by atoms with Gasteiger partial charge in [-0.05, 0) is 0 Å². The zero-order valence-electron chi connectivity index (χ0n) is 18.5. The van der Waals surface area contributed by atoms with Crippen LogP contribution in [-0.2, 0) is 363 Å². The fraction of sp³-hybridized carbons (Fsp3) is 0. The Kier molecular flexibility index (Phi) is 24900. The number of phosphoric acid groups is 1. The van der Waals surface area contributed by atoms with Crippen molar-refractivity contribution in [1.29, 1.82) is 0 Å². The Labute approximate surface area is 397 Å². The predicted molar refractivity (Wildman–Crippen MR) is 31.9 cm³/mol. The van der Waals surface area contributed by atoms with E-state index in [2.05, 4.69) is 0 Å². The van der Waals surface area contributed by atoms with Crippen LogP contribution < -0.4 is 14.7 Å². The minimum Gasteiger partial charge on any atom is -2.00 e. The first-order chi connectivity index (χ1) is 2.00. The van der Waals surface area contributed by atoms with E-state index in [1.807, 2.05) is 0 Å². The topological polar surface area (TPSA) is 946 Å². The van der Waals surface area contributed by atoms with E-state index in [0.717, 1.165) is 0 Å². The normalized spacial score (nSPS) is 1.31. The van der Waals surface area contributed by atoms with Crippen molar-refractivity contribution in [3.05, 3.63) is 0 Å². The van der Waals surface area contributed by atoms with Crippen molar-refractivity contribution in [3.8, 4) is 0 Å². The fourth-order valence-electron chi connectivity index (χ4n) is 0. The fourth-order valence-corrected chi connectivity index (χ4v) is 0. The SMILES string of the molecule is O=P([O-])([O-])[O-].[Mo].[Mo].[Mo].[Mo].[Mo].[Mo].[Mo].[Mo].[Mo].[Mo].[O-2].[O-2].[O-2].[O-2].[O-2].[O-2].[O-2].[O-2].[O-2].[O-2].[O-2].[O-2].[O-2].[O-2].[O-2].[O-2].[O-2].[O-2].[O-2].[O-2].[O-2].[O-2].[O-2].[O-2].[O-2].[O-2].[O-2].[OH-].[OH-].[OH-]. The molecule has 0 bridgehead atoms. The Morgan fingerprint density at radius 2 is 0.200 bits per heavy atom. The van der Waals surface area contributed by atoms with E-state index in [1.165, 1.54) is 0 Å². The molecule has 0 aliphatic rings. The molecular formula is H3Mo10O34P-60. The van der Waals surface area contributed by atoms with Gasteiger partial charge in [0.2, 0.25) is 0 Å². The molecule has 0 rings (SSSR count). The van der Waals surface area contributed by atoms with Crippen LogP contribution >= 0.6 is 7.82 Å². The van der Waals surface area contributed by atoms with Gasteiger partial charge in [-0.2, -0.15) is 7.82 Å². The first-order valence-corrected chi connectivity index (χ1v) is 2.19. The maximum absolute atomic E-state index is 8.55. The second kappa shape index (κ2) is 852. The van der Waals surface area contributed by atoms with Crippen LogP contribution in [0.2, 0.25) is 0 Å². The van der Waals surface area contributed by atoms with Gasteiger partial charge in [0.15, 0.2) is 0 Å². The molecule has 0 unspecified atom stereocenters. The maximum Gasteiger partial charge on any atom is 0 e. The van der Waals surface area contributed by atoms with Gasteiger partial charge in [-0.3, -0.25) is 0 Å². The van der Waals surface area contributed by atoms with Crippen molar-refractivity contribution >= 4 is 7.82 Å². The zero-order valence-corrected chi connectivity index (χ0v) is 39.5. The van der Waals surface area contributed by atoms with E-state index in [0.29, 0.717) is 0 Å². The quantitative estimate of drug-likeness (QED) is 0.167. The van der Waals surface area contributed by atoms with Gasteiger partial charge in [-0.1, -0.05) is 0 Å². The average Bonchev–Trinajstić information content (AvgIpc) is 0.722. The molecule has 3 N–H and O–H groups in total. The van der Waals surface area contributed by atoms with Crippen LogP contribution in [0.25, 0.3) is 0 Å². The van der Waals surface area contributed by atoms with Crippen LogP contribution in [0.15, 0.2) is 0 Å². The molecule has 0 aliphatic carbocycles. The molecular weight excluding hydrogens is 1530 g/mol. The smallest absolute Gasteiger partial charge is 0 e. The summed E-state index contributed by atoms with van der Waals surface area (Å²) in [5, 5.41) is 0. The van der Waals surface area contributed by atoms with Gasteiger partial charge in [-0.15, -0.1) is 0 Å². The molecule has 45 heteroatoms. The third-order valence-corrected chi connectivity index (χ3v) is 0. The summed E-state index contributed by atoms with van der Waals surface area (Å²) in [6.45, 7) is 0. The second-order valence-corrected chi connectivity index (χ2v) is 1.34. The zero-order chi connectivity index (χ0) is 4.50. The van der Waals surface area contributed by atoms with E-state index in [9.17, 15) is 0 Å². The average molecular weight is 1540 g/mol. The Bertz CT molecular complexity index is 87.1. The largest absolute Gasteiger partial charge is 2.00 e. The third-order valence-electron chi connectivity index (χ3n) is 0. The van der Waals surface area contributed by atoms with Crippen LogP contribution in [0.1, 0.15) is 0 Å². The van der Waals surface area contributed by atoms with Crippen molar-refractivity contribution in [2.75, 3.05) is 0 Å². The Hall–Kier alpha value is 5.79. The molecule has 0 saturated heterocycles. The van der Waals surface area contributed by atoms with Crippen molar-refractivity contribution in [1.82, 2.24) is 0 Å². The third kappa shape index (κ3) is 3390. The number of rotatable bonds is 0. The number of hydrogen-bond acceptors (Lipinski definition) is 7. The van der Waals surface area contributed by atoms with E-state index < -0.39 is 7.82 Å². The van der Waals surface area contributed by atoms with Crippen molar-refractivity contribution < 1.29 is 394 Å². The molecule has 0 atom stereocenters. The first-order valence-electron chi connectivity index (χ1n) is 0.730. The van der Waals surface area contributed by atoms with Gasteiger partial charge < -0.3 is 184 Å². The molecule has 332 valence electrons. The van der Waals surface area contributed by atoms with Gasteiger partial charge in [-0.25, -0.2) is 0 Å². The monoisotopic (exact) mass is 1560 g/mol. The maximum atomic E-state index is 8.55. The molecule has 0 aliphatic heterocycles. The molecule has 0 spiro atoms. The summed E-state index contributed by atoms with van der Waals surface area (Å²) in [6.07, 6.45) is 0. The Balaban J connectivity index is -0.000000000103. The van der Waals surface area contributed by atoms with Crippen LogP contribution in [-0.4, -0.2) is 16.4 Å². The van der Waals surface area contributed by atoms with Gasteiger partial charge in [0.25, 0.3) is 0 Å². The summed E-state index contributed by atoms with van der Waals surface area (Å²) < 4.78 is 8.55. The minimum atomic E-state index is -5.39. The van der Waals surface area contributed by atoms with E-state index >= 15 is 0 Å². The standard InChI is InChI=1S/10Mo.H3O4P.3H2O.27O/c;;;;;;;;;;1-5(2,3)4;;;;;;;;;;;;;;;;;;;;;;;;;;;;;;/h;;;;;;;;;;(H3,1,2,3,4);3*1H2;;;;;;;;;;;;;;;;;;;;;;;;;;;/q;;;;;;;;;;;;;;27*-2/p-6. The minimum absolute atomic E-state index is 0. The van der Waals surface area contributed by atoms with Crippen LogP contribution in [0, 0.1) is 0 Å². The molecule has 34 nitrogen and oxygen atoms in total. The Morgan fingerprint density at radius 1 is 0.200 bits per heavy atom. The summed E-state index contributed by atoms with van der Waals surface area (Å²) in [5.74, 6) is 0. The van der Waals surface area contributed by atoms with Gasteiger partial charge >= 0.3 is 0 Å². The summed E-state index contributed by atoms with van der Waals surface area (Å²) in [4.78, 5) is 25.6. The first kappa shape index (κ1) is 1310. The number of hydrogen-bond donors (Lipinski definition) is 0. The van der Waals surface area contributed by atoms with Gasteiger partial charge in [0.05, 0.1) is 0 Å². The van der Waals surface area contributed by atoms with Crippen LogP contribution in [0.3, 0.4) is 0 Å². The molecule has 0 heterocycles. The van der Waals surface area contributed by atoms with E-state index in [-0.39, 0.29) is 375 Å². The molecule has 0 aromatic heterocycles. The van der Waals surface area contributed by atoms with E-state index in [4.69, 9.17) is 19.2 Å². The molecule has 0 radical (unpaired) electrons. The summed E-state index contributed by atoms with van der Waals surface area (Å²) >= 11 is 0. The molecule has 0 aromatic carbocycles. The van der Waals surface area contributed by atoms with Crippen molar-refractivity contribution in [2.24, 2.45) is 0 Å². The molecule has 0 amide bonds. The Morgan fingerprint density at radius 3 is 0.200 bits per heavy atom. The van der Waals surface area contributed by atoms with E-state index in [1.54, 1.807) is 0 Å². The summed E-state index contributed by atoms with van der Waals surface area (Å²) in [6, 6.07) is 0. The molecule has 0 aromatic rings. The summed E-state index contributed by atoms with van der Waals surface area (Å²) in [7, 11) is -5.39. The second-order valence-electron chi connectivity index (χ2n) is 0.447. The van der Waals surface area contributed by atoms with Crippen LogP contribution in [0.4, 0.5) is 0 Å². The predicted octanol–water partition coefficient (Wildman–Crippen LogP) is -6.59. The van der Waals surface area contributed by atoms with Crippen molar-refractivity contribution in [3.63, 3.8) is 0 Å². The van der Waals surface area contributed by atoms with Crippen molar-refractivity contribution in [2.45, 2.75) is 0 Å².